The van der Waals surface area contributed by atoms with E-state index < -0.39 is 6.16 Å². The van der Waals surface area contributed by atoms with Crippen molar-refractivity contribution in [2.24, 2.45) is 23.7 Å². The van der Waals surface area contributed by atoms with Crippen molar-refractivity contribution in [3.63, 3.8) is 0 Å². The molecule has 240 valence electrons. The minimum absolute atomic E-state index is 0.0310. The van der Waals surface area contributed by atoms with Gasteiger partial charge in [-0.1, -0.05) is 32.9 Å². The number of ether oxygens (including phenoxy) is 4. The zero-order chi connectivity index (χ0) is 31.8. The molecule has 1 aliphatic carbocycles. The van der Waals surface area contributed by atoms with Crippen LogP contribution >= 0.6 is 0 Å². The van der Waals surface area contributed by atoms with Crippen LogP contribution in [0.5, 0.6) is 5.75 Å². The van der Waals surface area contributed by atoms with Crippen molar-refractivity contribution in [3.05, 3.63) is 48.6 Å². The molecule has 1 aromatic rings. The number of carbonyl (C=O) groups is 3. The largest absolute Gasteiger partial charge is 0.514 e. The molecule has 8 nitrogen and oxygen atoms in total. The number of nitrogen functional groups attached to an aromatic ring is 1. The highest BCUT2D eigenvalue weighted by molar-refractivity contribution is 5.81. The van der Waals surface area contributed by atoms with Crippen LogP contribution < -0.4 is 10.5 Å². The molecule has 1 aromatic carbocycles. The fourth-order valence-electron chi connectivity index (χ4n) is 5.80. The lowest BCUT2D eigenvalue weighted by Crippen LogP contribution is -2.26. The van der Waals surface area contributed by atoms with E-state index in [1.165, 1.54) is 0 Å². The highest BCUT2D eigenvalue weighted by Crippen LogP contribution is 2.31. The number of rotatable bonds is 19. The summed E-state index contributed by atoms with van der Waals surface area (Å²) in [6.45, 7) is 12.6. The zero-order valence-electron chi connectivity index (χ0n) is 26.8. The molecule has 0 radical (unpaired) electrons. The molecular formula is C35H53NO7. The first kappa shape index (κ1) is 36.1. The molecule has 5 atom stereocenters. The number of anilines is 1. The Hall–Kier alpha value is -3.13. The van der Waals surface area contributed by atoms with Gasteiger partial charge in [-0.05, 0) is 112 Å². The van der Waals surface area contributed by atoms with Crippen LogP contribution in [0.3, 0.4) is 0 Å². The second-order valence-corrected chi connectivity index (χ2v) is 12.3. The Kier molecular flexibility index (Phi) is 16.1. The van der Waals surface area contributed by atoms with Crippen LogP contribution in [0.15, 0.2) is 48.6 Å². The van der Waals surface area contributed by atoms with Crippen LogP contribution in [0.4, 0.5) is 10.5 Å². The van der Waals surface area contributed by atoms with E-state index in [9.17, 15) is 14.4 Å². The summed E-state index contributed by atoms with van der Waals surface area (Å²) in [5, 5.41) is 0. The lowest BCUT2D eigenvalue weighted by atomic mass is 9.83. The molecule has 2 rings (SSSR count). The van der Waals surface area contributed by atoms with E-state index in [1.807, 2.05) is 19.9 Å². The fraction of sp³-hybridized carbons (Fsp3) is 0.629. The molecular weight excluding hydrogens is 546 g/mol. The molecule has 5 unspecified atom stereocenters. The van der Waals surface area contributed by atoms with Gasteiger partial charge < -0.3 is 24.7 Å². The smallest absolute Gasteiger partial charge is 0.465 e. The fourth-order valence-corrected chi connectivity index (χ4v) is 5.80. The molecule has 1 aliphatic rings. The number of carbonyl (C=O) groups excluding carboxylic acids is 3. The van der Waals surface area contributed by atoms with E-state index >= 15 is 0 Å². The van der Waals surface area contributed by atoms with Crippen molar-refractivity contribution in [1.82, 2.24) is 0 Å². The number of Topliss-reactive ketones (excluding diaryl/α,β-unsaturated/α-hetero) is 1. The van der Waals surface area contributed by atoms with Gasteiger partial charge in [-0.15, -0.1) is 6.58 Å². The van der Waals surface area contributed by atoms with Crippen LogP contribution in [0.25, 0.3) is 0 Å². The van der Waals surface area contributed by atoms with Gasteiger partial charge in [0, 0.05) is 25.1 Å². The van der Waals surface area contributed by atoms with Crippen LogP contribution in [0.2, 0.25) is 0 Å². The van der Waals surface area contributed by atoms with E-state index in [4.69, 9.17) is 24.7 Å². The Balaban J connectivity index is 1.74. The van der Waals surface area contributed by atoms with Crippen molar-refractivity contribution in [2.75, 3.05) is 12.8 Å². The molecule has 0 spiro atoms. The molecule has 0 bridgehead atoms. The summed E-state index contributed by atoms with van der Waals surface area (Å²) >= 11 is 0. The minimum atomic E-state index is -0.692. The molecule has 1 fully saturated rings. The predicted molar refractivity (Wildman–Crippen MR) is 170 cm³/mol. The van der Waals surface area contributed by atoms with Crippen LogP contribution in [0, 0.1) is 23.7 Å². The van der Waals surface area contributed by atoms with Crippen LogP contribution in [-0.2, 0) is 23.8 Å². The molecule has 0 aliphatic heterocycles. The summed E-state index contributed by atoms with van der Waals surface area (Å²) in [6, 6.07) is 6.61. The van der Waals surface area contributed by atoms with Crippen molar-refractivity contribution in [1.29, 1.82) is 0 Å². The Bertz CT molecular complexity index is 1030. The van der Waals surface area contributed by atoms with Gasteiger partial charge in [0.1, 0.15) is 23.7 Å². The number of methoxy groups -OCH3 is 1. The van der Waals surface area contributed by atoms with E-state index in [-0.39, 0.29) is 35.9 Å². The van der Waals surface area contributed by atoms with Crippen molar-refractivity contribution in [3.8, 4) is 5.75 Å². The molecule has 0 amide bonds. The quantitative estimate of drug-likeness (QED) is 0.0562. The Morgan fingerprint density at radius 2 is 1.70 bits per heavy atom. The Morgan fingerprint density at radius 3 is 2.30 bits per heavy atom. The maximum Gasteiger partial charge on any atom is 0.514 e. The Labute approximate surface area is 258 Å². The van der Waals surface area contributed by atoms with Gasteiger partial charge >= 0.3 is 6.16 Å². The first-order valence-corrected chi connectivity index (χ1v) is 15.7. The second kappa shape index (κ2) is 19.2. The van der Waals surface area contributed by atoms with Gasteiger partial charge in [0.25, 0.3) is 6.47 Å². The third kappa shape index (κ3) is 13.8. The third-order valence-corrected chi connectivity index (χ3v) is 8.63. The second-order valence-electron chi connectivity index (χ2n) is 12.3. The van der Waals surface area contributed by atoms with E-state index in [0.717, 1.165) is 63.4 Å². The average Bonchev–Trinajstić information content (AvgIpc) is 2.98. The monoisotopic (exact) mass is 599 g/mol. The molecule has 8 heteroatoms. The molecule has 2 N–H and O–H groups in total. The van der Waals surface area contributed by atoms with Gasteiger partial charge in [0.05, 0.1) is 6.10 Å². The predicted octanol–water partition coefficient (Wildman–Crippen LogP) is 7.85. The van der Waals surface area contributed by atoms with E-state index in [2.05, 4.69) is 26.5 Å². The molecule has 0 heterocycles. The number of hydrogen-bond donors (Lipinski definition) is 1. The molecule has 1 saturated carbocycles. The highest BCUT2D eigenvalue weighted by Gasteiger charge is 2.26. The van der Waals surface area contributed by atoms with E-state index in [1.54, 1.807) is 31.4 Å². The summed E-state index contributed by atoms with van der Waals surface area (Å²) in [7, 11) is 1.65. The van der Waals surface area contributed by atoms with Gasteiger partial charge in [-0.25, -0.2) is 4.79 Å². The molecule has 0 aromatic heterocycles. The third-order valence-electron chi connectivity index (χ3n) is 8.63. The van der Waals surface area contributed by atoms with Crippen molar-refractivity contribution in [2.45, 2.75) is 110 Å². The van der Waals surface area contributed by atoms with Crippen molar-refractivity contribution >= 4 is 24.1 Å². The number of hydrogen-bond acceptors (Lipinski definition) is 8. The molecule has 0 saturated heterocycles. The number of benzene rings is 1. The maximum atomic E-state index is 12.8. The SMILES string of the molecule is C=CC(C)CC(C)C(=O)CC(OC)/C(C)=C/C(C)CCC(CCC1CCC(OC(=O)Oc2ccc(N)cc2)CC1)OC=O. The average molecular weight is 600 g/mol. The van der Waals surface area contributed by atoms with Gasteiger partial charge in [0.15, 0.2) is 0 Å². The topological polar surface area (TPSA) is 114 Å². The zero-order valence-corrected chi connectivity index (χ0v) is 26.8. The summed E-state index contributed by atoms with van der Waals surface area (Å²) in [5.41, 5.74) is 7.31. The first-order chi connectivity index (χ1) is 20.5. The summed E-state index contributed by atoms with van der Waals surface area (Å²) in [5.74, 6) is 1.64. The van der Waals surface area contributed by atoms with Crippen LogP contribution in [-0.4, -0.2) is 43.8 Å². The van der Waals surface area contributed by atoms with E-state index in [0.29, 0.717) is 36.2 Å². The molecule has 43 heavy (non-hydrogen) atoms. The normalized spacial score (nSPS) is 20.6. The lowest BCUT2D eigenvalue weighted by molar-refractivity contribution is -0.134. The first-order valence-electron chi connectivity index (χ1n) is 15.7. The highest BCUT2D eigenvalue weighted by atomic mass is 16.7. The number of nitrogens with two attached hydrogens (primary N) is 1. The minimum Gasteiger partial charge on any atom is -0.465 e. The Morgan fingerprint density at radius 1 is 1.02 bits per heavy atom. The summed E-state index contributed by atoms with van der Waals surface area (Å²) < 4.78 is 21.9. The van der Waals surface area contributed by atoms with Crippen LogP contribution in [0.1, 0.15) is 91.9 Å². The van der Waals surface area contributed by atoms with Gasteiger partial charge in [-0.3, -0.25) is 9.59 Å². The van der Waals surface area contributed by atoms with Crippen molar-refractivity contribution < 1.29 is 33.3 Å². The standard InChI is InChI=1S/C35H53NO7/c1-7-24(2)20-26(4)33(38)22-34(40-6)27(5)21-25(3)8-14-30(41-23-37)15-9-28-10-16-31(17-11-28)42-35(39)43-32-18-12-29(36)13-19-32/h7,12-13,18-19,21,23-26,28,30-31,34H,1,8-11,14-17,20,22,36H2,2-6H3/b27-21+. The lowest BCUT2D eigenvalue weighted by Gasteiger charge is -2.29. The van der Waals surface area contributed by atoms with Gasteiger partial charge in [0.2, 0.25) is 0 Å². The summed E-state index contributed by atoms with van der Waals surface area (Å²) in [4.78, 5) is 36.1. The maximum absolute atomic E-state index is 12.8. The van der Waals surface area contributed by atoms with Gasteiger partial charge in [-0.2, -0.15) is 0 Å². The number of ketones is 1. The summed E-state index contributed by atoms with van der Waals surface area (Å²) in [6.07, 6.45) is 10.9. The number of allylic oxidation sites excluding steroid dienone is 2.